The van der Waals surface area contributed by atoms with E-state index in [9.17, 15) is 8.78 Å². The molecule has 0 heterocycles. The normalized spacial score (nSPS) is 24.9. The van der Waals surface area contributed by atoms with Crippen LogP contribution >= 0.6 is 0 Å². The molecule has 1 fully saturated rings. The number of halogens is 2. The highest BCUT2D eigenvalue weighted by Gasteiger charge is 2.27. The van der Waals surface area contributed by atoms with E-state index in [1.165, 1.54) is 12.8 Å². The van der Waals surface area contributed by atoms with Crippen molar-refractivity contribution in [2.75, 3.05) is 0 Å². The molecule has 0 saturated heterocycles. The summed E-state index contributed by atoms with van der Waals surface area (Å²) in [6, 6.07) is 3.57. The van der Waals surface area contributed by atoms with Crippen molar-refractivity contribution in [2.24, 2.45) is 11.8 Å². The molecule has 0 bridgehead atoms. The molecule has 2 rings (SSSR count). The summed E-state index contributed by atoms with van der Waals surface area (Å²) in [5.41, 5.74) is 1.04. The van der Waals surface area contributed by atoms with Crippen molar-refractivity contribution in [3.63, 3.8) is 0 Å². The highest BCUT2D eigenvalue weighted by atomic mass is 19.2. The molecule has 0 amide bonds. The Morgan fingerprint density at radius 1 is 0.900 bits per heavy atom. The Morgan fingerprint density at radius 3 is 1.95 bits per heavy atom. The average molecular weight is 280 g/mol. The van der Waals surface area contributed by atoms with Gasteiger partial charge >= 0.3 is 0 Å². The van der Waals surface area contributed by atoms with E-state index in [-0.39, 0.29) is 11.8 Å². The van der Waals surface area contributed by atoms with Crippen molar-refractivity contribution in [1.29, 1.82) is 0 Å². The minimum atomic E-state index is -0.645. The van der Waals surface area contributed by atoms with Gasteiger partial charge in [-0.2, -0.15) is 0 Å². The first kappa shape index (κ1) is 15.5. The van der Waals surface area contributed by atoms with Gasteiger partial charge in [0.2, 0.25) is 0 Å². The van der Waals surface area contributed by atoms with E-state index in [0.717, 1.165) is 18.8 Å². The second-order valence-corrected chi connectivity index (χ2v) is 6.84. The van der Waals surface area contributed by atoms with Crippen molar-refractivity contribution in [3.8, 4) is 0 Å². The van der Waals surface area contributed by atoms with Gasteiger partial charge < -0.3 is 0 Å². The van der Waals surface area contributed by atoms with Gasteiger partial charge in [0.25, 0.3) is 0 Å². The second-order valence-electron chi connectivity index (χ2n) is 6.84. The topological polar surface area (TPSA) is 0 Å². The molecule has 1 aromatic rings. The van der Waals surface area contributed by atoms with Crippen molar-refractivity contribution in [1.82, 2.24) is 0 Å². The van der Waals surface area contributed by atoms with Crippen molar-refractivity contribution >= 4 is 0 Å². The van der Waals surface area contributed by atoms with E-state index < -0.39 is 11.6 Å². The van der Waals surface area contributed by atoms with Crippen molar-refractivity contribution in [3.05, 3.63) is 34.9 Å². The van der Waals surface area contributed by atoms with E-state index in [2.05, 4.69) is 6.92 Å². The lowest BCUT2D eigenvalue weighted by atomic mass is 9.74. The summed E-state index contributed by atoms with van der Waals surface area (Å²) < 4.78 is 28.5. The first-order valence-corrected chi connectivity index (χ1v) is 7.89. The number of hydrogen-bond acceptors (Lipinski definition) is 0. The Labute approximate surface area is 121 Å². The van der Waals surface area contributed by atoms with Gasteiger partial charge in [0.15, 0.2) is 11.6 Å². The smallest absolute Gasteiger partial charge is 0.162 e. The SMILES string of the molecule is CC1CCC(C(C)c2ccc(C(C)C)c(F)c2F)CC1. The first-order chi connectivity index (χ1) is 9.41. The lowest BCUT2D eigenvalue weighted by Crippen LogP contribution is -2.19. The van der Waals surface area contributed by atoms with E-state index in [1.54, 1.807) is 12.1 Å². The molecule has 1 aromatic carbocycles. The Kier molecular flexibility index (Phi) is 4.82. The Morgan fingerprint density at radius 2 is 1.40 bits per heavy atom. The van der Waals surface area contributed by atoms with Crippen LogP contribution in [0, 0.1) is 23.5 Å². The van der Waals surface area contributed by atoms with Crippen LogP contribution < -0.4 is 0 Å². The summed E-state index contributed by atoms with van der Waals surface area (Å²) in [5, 5.41) is 0. The molecular formula is C18H26F2. The summed E-state index contributed by atoms with van der Waals surface area (Å²) in [6.45, 7) is 8.11. The van der Waals surface area contributed by atoms with Crippen LogP contribution in [0.5, 0.6) is 0 Å². The zero-order valence-corrected chi connectivity index (χ0v) is 13.0. The number of rotatable bonds is 3. The fourth-order valence-electron chi connectivity index (χ4n) is 3.42. The van der Waals surface area contributed by atoms with Crippen LogP contribution in [-0.4, -0.2) is 0 Å². The highest BCUT2D eigenvalue weighted by Crippen LogP contribution is 2.39. The molecular weight excluding hydrogens is 254 g/mol. The van der Waals surface area contributed by atoms with Gasteiger partial charge in [-0.25, -0.2) is 8.78 Å². The standard InChI is InChI=1S/C18H26F2/c1-11(2)15-9-10-16(18(20)17(15)19)13(4)14-7-5-12(3)6-8-14/h9-14H,5-8H2,1-4H3. The zero-order chi connectivity index (χ0) is 14.9. The summed E-state index contributed by atoms with van der Waals surface area (Å²) >= 11 is 0. The molecule has 1 atom stereocenters. The first-order valence-electron chi connectivity index (χ1n) is 7.89. The minimum absolute atomic E-state index is 0.0180. The van der Waals surface area contributed by atoms with Crippen molar-refractivity contribution in [2.45, 2.75) is 65.2 Å². The molecule has 0 spiro atoms. The summed E-state index contributed by atoms with van der Waals surface area (Å²) in [5.74, 6) is 0.131. The van der Waals surface area contributed by atoms with Gasteiger partial charge in [-0.3, -0.25) is 0 Å². The molecule has 0 N–H and O–H groups in total. The maximum absolute atomic E-state index is 14.3. The largest absolute Gasteiger partial charge is 0.203 e. The van der Waals surface area contributed by atoms with Gasteiger partial charge in [-0.05, 0) is 47.6 Å². The second kappa shape index (κ2) is 6.24. The Balaban J connectivity index is 2.22. The van der Waals surface area contributed by atoms with Gasteiger partial charge in [0.1, 0.15) is 0 Å². The predicted molar refractivity (Wildman–Crippen MR) is 80.0 cm³/mol. The van der Waals surface area contributed by atoms with Crippen LogP contribution in [0.15, 0.2) is 12.1 Å². The molecule has 1 aliphatic carbocycles. The monoisotopic (exact) mass is 280 g/mol. The summed E-state index contributed by atoms with van der Waals surface area (Å²) in [7, 11) is 0. The van der Waals surface area contributed by atoms with E-state index in [1.807, 2.05) is 20.8 Å². The minimum Gasteiger partial charge on any atom is -0.203 e. The molecule has 0 aromatic heterocycles. The molecule has 1 aliphatic rings. The summed E-state index contributed by atoms with van der Waals surface area (Å²) in [6.07, 6.45) is 4.69. The van der Waals surface area contributed by atoms with Crippen LogP contribution in [0.4, 0.5) is 8.78 Å². The lowest BCUT2D eigenvalue weighted by molar-refractivity contribution is 0.258. The van der Waals surface area contributed by atoms with Crippen molar-refractivity contribution < 1.29 is 8.78 Å². The third-order valence-corrected chi connectivity index (χ3v) is 5.02. The van der Waals surface area contributed by atoms with E-state index in [4.69, 9.17) is 0 Å². The fraction of sp³-hybridized carbons (Fsp3) is 0.667. The maximum Gasteiger partial charge on any atom is 0.162 e. The number of hydrogen-bond donors (Lipinski definition) is 0. The van der Waals surface area contributed by atoms with Crippen LogP contribution in [-0.2, 0) is 0 Å². The third kappa shape index (κ3) is 3.05. The molecule has 0 radical (unpaired) electrons. The maximum atomic E-state index is 14.3. The molecule has 0 aliphatic heterocycles. The van der Waals surface area contributed by atoms with E-state index >= 15 is 0 Å². The lowest BCUT2D eigenvalue weighted by Gasteiger charge is -2.31. The van der Waals surface area contributed by atoms with Gasteiger partial charge in [0, 0.05) is 0 Å². The highest BCUT2D eigenvalue weighted by molar-refractivity contribution is 5.30. The average Bonchev–Trinajstić information content (AvgIpc) is 2.41. The molecule has 1 saturated carbocycles. The third-order valence-electron chi connectivity index (χ3n) is 5.02. The van der Waals surface area contributed by atoms with Crippen LogP contribution in [0.3, 0.4) is 0 Å². The molecule has 2 heteroatoms. The van der Waals surface area contributed by atoms with Crippen LogP contribution in [0.1, 0.15) is 76.3 Å². The van der Waals surface area contributed by atoms with Crippen LogP contribution in [0.25, 0.3) is 0 Å². The van der Waals surface area contributed by atoms with E-state index in [0.29, 0.717) is 17.0 Å². The molecule has 112 valence electrons. The molecule has 1 unspecified atom stereocenters. The molecule has 0 nitrogen and oxygen atoms in total. The molecule has 20 heavy (non-hydrogen) atoms. The quantitative estimate of drug-likeness (QED) is 0.635. The fourth-order valence-corrected chi connectivity index (χ4v) is 3.42. The predicted octanol–water partition coefficient (Wildman–Crippen LogP) is 6.02. The van der Waals surface area contributed by atoms with Crippen LogP contribution in [0.2, 0.25) is 0 Å². The Bertz CT molecular complexity index is 457. The van der Waals surface area contributed by atoms with Gasteiger partial charge in [-0.1, -0.05) is 52.7 Å². The number of benzene rings is 1. The van der Waals surface area contributed by atoms with Gasteiger partial charge in [0.05, 0.1) is 0 Å². The van der Waals surface area contributed by atoms with Gasteiger partial charge in [-0.15, -0.1) is 0 Å². The zero-order valence-electron chi connectivity index (χ0n) is 13.0. The summed E-state index contributed by atoms with van der Waals surface area (Å²) in [4.78, 5) is 0. The Hall–Kier alpha value is -0.920.